The minimum absolute atomic E-state index is 0. The lowest BCUT2D eigenvalue weighted by atomic mass is 9.83. The molecule has 0 saturated heterocycles. The predicted octanol–water partition coefficient (Wildman–Crippen LogP) is 4.55. The summed E-state index contributed by atoms with van der Waals surface area (Å²) in [4.78, 5) is 12.4. The van der Waals surface area contributed by atoms with Crippen LogP contribution in [-0.2, 0) is 4.79 Å². The Hall–Kier alpha value is -1.75. The van der Waals surface area contributed by atoms with Crippen LogP contribution in [0.1, 0.15) is 56.4 Å². The maximum absolute atomic E-state index is 12.4. The van der Waals surface area contributed by atoms with E-state index in [9.17, 15) is 4.79 Å². The number of benzene rings is 1. The molecule has 5 nitrogen and oxygen atoms in total. The predicted molar refractivity (Wildman–Crippen MR) is 101 cm³/mol. The molecule has 0 amide bonds. The average molecular weight is 370 g/mol. The lowest BCUT2D eigenvalue weighted by molar-refractivity contribution is -0.113. The normalized spacial score (nSPS) is 18.9. The molecule has 140 valence electrons. The van der Waals surface area contributed by atoms with Crippen LogP contribution in [0.25, 0.3) is 0 Å². The van der Waals surface area contributed by atoms with Gasteiger partial charge < -0.3 is 19.6 Å². The molecule has 1 saturated carbocycles. The molecule has 1 atom stereocenters. The van der Waals surface area contributed by atoms with Gasteiger partial charge in [0.1, 0.15) is 17.2 Å². The van der Waals surface area contributed by atoms with Gasteiger partial charge in [-0.15, -0.1) is 12.4 Å². The summed E-state index contributed by atoms with van der Waals surface area (Å²) in [5.74, 6) is 1.47. The van der Waals surface area contributed by atoms with Crippen molar-refractivity contribution in [1.82, 2.24) is 0 Å². The third-order valence-electron chi connectivity index (χ3n) is 4.65. The van der Waals surface area contributed by atoms with Gasteiger partial charge in [-0.3, -0.25) is 4.79 Å². The smallest absolute Gasteiger partial charge is 0.176 e. The maximum Gasteiger partial charge on any atom is 0.176 e. The Labute approximate surface area is 156 Å². The number of hydrogen-bond acceptors (Lipinski definition) is 5. The molecule has 6 heteroatoms. The molecule has 0 heterocycles. The zero-order valence-corrected chi connectivity index (χ0v) is 16.0. The van der Waals surface area contributed by atoms with E-state index in [1.54, 1.807) is 33.5 Å². The van der Waals surface area contributed by atoms with Crippen molar-refractivity contribution in [1.29, 1.82) is 5.41 Å². The van der Waals surface area contributed by atoms with Gasteiger partial charge in [0.05, 0.1) is 27.0 Å². The summed E-state index contributed by atoms with van der Waals surface area (Å²) >= 11 is 0. The fraction of sp³-hybridized carbons (Fsp3) is 0.579. The first kappa shape index (κ1) is 21.3. The van der Waals surface area contributed by atoms with Crippen LogP contribution in [0.3, 0.4) is 0 Å². The lowest BCUT2D eigenvalue weighted by Gasteiger charge is -2.24. The molecule has 1 aliphatic carbocycles. The van der Waals surface area contributed by atoms with Gasteiger partial charge in [0, 0.05) is 30.0 Å². The quantitative estimate of drug-likeness (QED) is 0.845. The molecule has 1 aliphatic rings. The van der Waals surface area contributed by atoms with Crippen LogP contribution in [0.4, 0.5) is 0 Å². The Morgan fingerprint density at radius 1 is 0.920 bits per heavy atom. The number of methoxy groups -OCH3 is 3. The fourth-order valence-electron chi connectivity index (χ4n) is 3.30. The summed E-state index contributed by atoms with van der Waals surface area (Å²) < 4.78 is 16.3. The Balaban J connectivity index is 0.00000312. The van der Waals surface area contributed by atoms with E-state index in [2.05, 4.69) is 0 Å². The number of ether oxygens (including phenoxy) is 3. The standard InChI is InChI=1S/C19H27NO4.ClH/c1-22-13-11-16(23-2)18(17(12-13)24-3)14-9-7-5-4-6-8-10-15(21)19(14)20;/h11-12,14,20H,4-10H2,1-3H3;1H. The summed E-state index contributed by atoms with van der Waals surface area (Å²) in [5, 5.41) is 8.45. The zero-order valence-electron chi connectivity index (χ0n) is 15.2. The molecule has 0 spiro atoms. The Bertz CT molecular complexity index is 578. The Kier molecular flexibility index (Phi) is 8.76. The van der Waals surface area contributed by atoms with E-state index >= 15 is 0 Å². The molecule has 25 heavy (non-hydrogen) atoms. The highest BCUT2D eigenvalue weighted by Crippen LogP contribution is 2.42. The number of hydrogen-bond donors (Lipinski definition) is 1. The van der Waals surface area contributed by atoms with Gasteiger partial charge in [-0.25, -0.2) is 0 Å². The fourth-order valence-corrected chi connectivity index (χ4v) is 3.30. The van der Waals surface area contributed by atoms with Crippen molar-refractivity contribution in [2.45, 2.75) is 50.9 Å². The molecule has 1 unspecified atom stereocenters. The number of ketones is 1. The second kappa shape index (κ2) is 10.3. The van der Waals surface area contributed by atoms with E-state index < -0.39 is 0 Å². The molecule has 1 N–H and O–H groups in total. The number of Topliss-reactive ketones (excluding diaryl/α,β-unsaturated/α-hetero) is 1. The largest absolute Gasteiger partial charge is 0.496 e. The van der Waals surface area contributed by atoms with Crippen molar-refractivity contribution >= 4 is 23.9 Å². The minimum Gasteiger partial charge on any atom is -0.496 e. The van der Waals surface area contributed by atoms with Gasteiger partial charge in [-0.05, 0) is 12.8 Å². The molecule has 2 rings (SSSR count). The average Bonchev–Trinajstić information content (AvgIpc) is 2.62. The van der Waals surface area contributed by atoms with E-state index in [0.717, 1.165) is 44.1 Å². The molecular weight excluding hydrogens is 342 g/mol. The summed E-state index contributed by atoms with van der Waals surface area (Å²) in [6.07, 6.45) is 6.39. The van der Waals surface area contributed by atoms with E-state index in [4.69, 9.17) is 19.6 Å². The number of rotatable bonds is 4. The van der Waals surface area contributed by atoms with Crippen molar-refractivity contribution in [2.75, 3.05) is 21.3 Å². The summed E-state index contributed by atoms with van der Waals surface area (Å²) in [7, 11) is 4.76. The first-order valence-corrected chi connectivity index (χ1v) is 8.54. The first-order chi connectivity index (χ1) is 11.6. The van der Waals surface area contributed by atoms with E-state index in [1.807, 2.05) is 0 Å². The number of carbonyl (C=O) groups is 1. The molecule has 0 radical (unpaired) electrons. The highest BCUT2D eigenvalue weighted by atomic mass is 35.5. The van der Waals surface area contributed by atoms with Crippen molar-refractivity contribution in [2.24, 2.45) is 0 Å². The summed E-state index contributed by atoms with van der Waals surface area (Å²) in [6, 6.07) is 3.57. The maximum atomic E-state index is 12.4. The van der Waals surface area contributed by atoms with Crippen LogP contribution in [0.15, 0.2) is 12.1 Å². The second-order valence-corrected chi connectivity index (χ2v) is 6.14. The Morgan fingerprint density at radius 2 is 1.48 bits per heavy atom. The van der Waals surface area contributed by atoms with Gasteiger partial charge in [-0.1, -0.05) is 25.7 Å². The van der Waals surface area contributed by atoms with Crippen LogP contribution in [0, 0.1) is 5.41 Å². The van der Waals surface area contributed by atoms with Crippen molar-refractivity contribution in [3.63, 3.8) is 0 Å². The van der Waals surface area contributed by atoms with Crippen LogP contribution in [0.5, 0.6) is 17.2 Å². The van der Waals surface area contributed by atoms with Gasteiger partial charge in [0.25, 0.3) is 0 Å². The topological polar surface area (TPSA) is 68.6 Å². The lowest BCUT2D eigenvalue weighted by Crippen LogP contribution is -2.23. The highest BCUT2D eigenvalue weighted by molar-refractivity contribution is 6.40. The Morgan fingerprint density at radius 3 is 2.04 bits per heavy atom. The van der Waals surface area contributed by atoms with Gasteiger partial charge in [0.2, 0.25) is 0 Å². The number of halogens is 1. The zero-order chi connectivity index (χ0) is 17.5. The van der Waals surface area contributed by atoms with Gasteiger partial charge >= 0.3 is 0 Å². The van der Waals surface area contributed by atoms with Crippen LogP contribution >= 0.6 is 12.4 Å². The van der Waals surface area contributed by atoms with E-state index in [-0.39, 0.29) is 29.8 Å². The molecule has 0 aliphatic heterocycles. The summed E-state index contributed by atoms with van der Waals surface area (Å²) in [6.45, 7) is 0. The third-order valence-corrected chi connectivity index (χ3v) is 4.65. The second-order valence-electron chi connectivity index (χ2n) is 6.14. The molecule has 1 aromatic rings. The van der Waals surface area contributed by atoms with Gasteiger partial charge in [-0.2, -0.15) is 0 Å². The first-order valence-electron chi connectivity index (χ1n) is 8.54. The van der Waals surface area contributed by atoms with E-state index in [1.165, 1.54) is 0 Å². The van der Waals surface area contributed by atoms with Crippen molar-refractivity contribution in [3.8, 4) is 17.2 Å². The minimum atomic E-state index is -0.300. The van der Waals surface area contributed by atoms with Crippen LogP contribution < -0.4 is 14.2 Å². The third kappa shape index (κ3) is 5.11. The van der Waals surface area contributed by atoms with Crippen LogP contribution in [0.2, 0.25) is 0 Å². The number of carbonyl (C=O) groups excluding carboxylic acids is 1. The highest BCUT2D eigenvalue weighted by Gasteiger charge is 2.29. The molecule has 0 aromatic heterocycles. The molecule has 1 fully saturated rings. The van der Waals surface area contributed by atoms with Crippen molar-refractivity contribution in [3.05, 3.63) is 17.7 Å². The molecule has 0 bridgehead atoms. The molecular formula is C19H28ClNO4. The SMILES string of the molecule is COc1cc(OC)c(C2CCCCCCCC(=O)C2=N)c(OC)c1.Cl. The van der Waals surface area contributed by atoms with Crippen molar-refractivity contribution < 1.29 is 19.0 Å². The molecule has 1 aromatic carbocycles. The monoisotopic (exact) mass is 369 g/mol. The van der Waals surface area contributed by atoms with Gasteiger partial charge in [0.15, 0.2) is 5.78 Å². The number of nitrogens with one attached hydrogen (secondary N) is 1. The summed E-state index contributed by atoms with van der Waals surface area (Å²) in [5.41, 5.74) is 0.943. The van der Waals surface area contributed by atoms with Crippen LogP contribution in [-0.4, -0.2) is 32.8 Å². The van der Waals surface area contributed by atoms with E-state index in [0.29, 0.717) is 23.7 Å².